The molecule has 0 aliphatic carbocycles. The topological polar surface area (TPSA) is 82.1 Å². The van der Waals surface area contributed by atoms with Gasteiger partial charge in [-0.05, 0) is 42.5 Å². The van der Waals surface area contributed by atoms with E-state index in [2.05, 4.69) is 9.71 Å². The van der Waals surface area contributed by atoms with Crippen LogP contribution in [0.2, 0.25) is 0 Å². The van der Waals surface area contributed by atoms with Crippen molar-refractivity contribution < 1.29 is 13.2 Å². The van der Waals surface area contributed by atoms with Gasteiger partial charge in [-0.15, -0.1) is 4.40 Å². The van der Waals surface area contributed by atoms with Crippen molar-refractivity contribution in [3.8, 4) is 0 Å². The molecular formula is C24H22N4O3S. The van der Waals surface area contributed by atoms with Gasteiger partial charge in [-0.2, -0.15) is 8.42 Å². The van der Waals surface area contributed by atoms with Crippen molar-refractivity contribution in [2.24, 2.45) is 4.40 Å². The molecule has 8 heteroatoms. The van der Waals surface area contributed by atoms with Crippen LogP contribution in [0.15, 0.2) is 88.2 Å². The highest BCUT2D eigenvalue weighted by atomic mass is 32.2. The van der Waals surface area contributed by atoms with Gasteiger partial charge < -0.3 is 15.1 Å². The molecule has 3 aromatic carbocycles. The molecule has 0 aromatic heterocycles. The molecule has 0 saturated carbocycles. The number of para-hydroxylation sites is 1. The van der Waals surface area contributed by atoms with Crippen LogP contribution in [0.4, 0.5) is 11.4 Å². The average molecular weight is 447 g/mol. The Kier molecular flexibility index (Phi) is 5.14. The molecule has 5 rings (SSSR count). The summed E-state index contributed by atoms with van der Waals surface area (Å²) in [5, 5.41) is 3.31. The molecule has 1 saturated heterocycles. The van der Waals surface area contributed by atoms with Gasteiger partial charge in [0.25, 0.3) is 15.9 Å². The van der Waals surface area contributed by atoms with E-state index in [0.717, 1.165) is 11.4 Å². The van der Waals surface area contributed by atoms with E-state index in [1.54, 1.807) is 23.1 Å². The predicted molar refractivity (Wildman–Crippen MR) is 124 cm³/mol. The second-order valence-corrected chi connectivity index (χ2v) is 9.31. The largest absolute Gasteiger partial charge is 0.356 e. The SMILES string of the molecule is O=C(c1cccc(Nc2ccccc2)c1)N1CCN(C2=NS(=O)(=O)c3ccccc32)CC1. The minimum Gasteiger partial charge on any atom is -0.356 e. The summed E-state index contributed by atoms with van der Waals surface area (Å²) < 4.78 is 28.7. The first-order chi connectivity index (χ1) is 15.5. The highest BCUT2D eigenvalue weighted by Crippen LogP contribution is 2.28. The minimum absolute atomic E-state index is 0.0391. The Morgan fingerprint density at radius 1 is 0.812 bits per heavy atom. The summed E-state index contributed by atoms with van der Waals surface area (Å²) in [6.07, 6.45) is 0. The van der Waals surface area contributed by atoms with Crippen LogP contribution < -0.4 is 5.32 Å². The number of carbonyl (C=O) groups excluding carboxylic acids is 1. The Hall–Kier alpha value is -3.65. The van der Waals surface area contributed by atoms with Crippen molar-refractivity contribution in [2.45, 2.75) is 4.90 Å². The molecule has 0 atom stereocenters. The molecule has 2 heterocycles. The molecule has 162 valence electrons. The van der Waals surface area contributed by atoms with E-state index in [-0.39, 0.29) is 10.8 Å². The summed E-state index contributed by atoms with van der Waals surface area (Å²) in [5.74, 6) is 0.435. The number of nitrogens with one attached hydrogen (secondary N) is 1. The minimum atomic E-state index is -3.65. The predicted octanol–water partition coefficient (Wildman–Crippen LogP) is 3.34. The van der Waals surface area contributed by atoms with Crippen molar-refractivity contribution in [2.75, 3.05) is 31.5 Å². The second-order valence-electron chi connectivity index (χ2n) is 7.74. The molecule has 2 aliphatic heterocycles. The molecule has 3 aromatic rings. The van der Waals surface area contributed by atoms with Gasteiger partial charge in [-0.25, -0.2) is 0 Å². The molecule has 0 unspecified atom stereocenters. The number of sulfonamides is 1. The number of fused-ring (bicyclic) bond motifs is 1. The summed E-state index contributed by atoms with van der Waals surface area (Å²) in [4.78, 5) is 17.1. The fraction of sp³-hybridized carbons (Fsp3) is 0.167. The Labute approximate surface area is 187 Å². The summed E-state index contributed by atoms with van der Waals surface area (Å²) in [5.41, 5.74) is 3.05. The van der Waals surface area contributed by atoms with Crippen molar-refractivity contribution in [1.29, 1.82) is 0 Å². The van der Waals surface area contributed by atoms with Crippen LogP contribution in [-0.4, -0.2) is 56.1 Å². The van der Waals surface area contributed by atoms with Gasteiger partial charge in [0, 0.05) is 48.7 Å². The van der Waals surface area contributed by atoms with E-state index in [9.17, 15) is 13.2 Å². The molecule has 7 nitrogen and oxygen atoms in total. The molecule has 1 N–H and O–H groups in total. The number of benzene rings is 3. The number of anilines is 2. The normalized spacial score (nSPS) is 16.9. The summed E-state index contributed by atoms with van der Waals surface area (Å²) in [6, 6.07) is 24.1. The zero-order valence-electron chi connectivity index (χ0n) is 17.3. The third-order valence-corrected chi connectivity index (χ3v) is 6.98. The van der Waals surface area contributed by atoms with Crippen molar-refractivity contribution in [1.82, 2.24) is 9.80 Å². The highest BCUT2D eigenvalue weighted by molar-refractivity contribution is 7.90. The molecule has 2 aliphatic rings. The molecule has 1 amide bonds. The zero-order chi connectivity index (χ0) is 22.1. The lowest BCUT2D eigenvalue weighted by molar-refractivity contribution is 0.0692. The first-order valence-electron chi connectivity index (χ1n) is 10.4. The van der Waals surface area contributed by atoms with Gasteiger partial charge in [0.1, 0.15) is 4.90 Å². The van der Waals surface area contributed by atoms with Gasteiger partial charge in [-0.1, -0.05) is 36.4 Å². The van der Waals surface area contributed by atoms with Crippen LogP contribution >= 0.6 is 0 Å². The number of nitrogens with zero attached hydrogens (tertiary/aromatic N) is 3. The maximum Gasteiger partial charge on any atom is 0.285 e. The smallest absolute Gasteiger partial charge is 0.285 e. The van der Waals surface area contributed by atoms with Gasteiger partial charge in [0.05, 0.1) is 0 Å². The van der Waals surface area contributed by atoms with Crippen LogP contribution in [0, 0.1) is 0 Å². The molecule has 1 fully saturated rings. The summed E-state index contributed by atoms with van der Waals surface area (Å²) in [6.45, 7) is 2.04. The molecule has 0 spiro atoms. The molecule has 0 bridgehead atoms. The van der Waals surface area contributed by atoms with Gasteiger partial charge >= 0.3 is 0 Å². The van der Waals surface area contributed by atoms with Crippen LogP contribution in [0.25, 0.3) is 0 Å². The van der Waals surface area contributed by atoms with E-state index < -0.39 is 10.0 Å². The fourth-order valence-electron chi connectivity index (χ4n) is 4.04. The van der Waals surface area contributed by atoms with E-state index in [4.69, 9.17) is 0 Å². The number of hydrogen-bond donors (Lipinski definition) is 1. The average Bonchev–Trinajstić information content (AvgIpc) is 3.11. The van der Waals surface area contributed by atoms with Crippen molar-refractivity contribution >= 4 is 33.1 Å². The van der Waals surface area contributed by atoms with E-state index in [1.165, 1.54) is 0 Å². The third kappa shape index (κ3) is 3.85. The third-order valence-electron chi connectivity index (χ3n) is 5.65. The maximum atomic E-state index is 13.1. The Morgan fingerprint density at radius 3 is 2.28 bits per heavy atom. The quantitative estimate of drug-likeness (QED) is 0.667. The summed E-state index contributed by atoms with van der Waals surface area (Å²) >= 11 is 0. The first-order valence-corrected chi connectivity index (χ1v) is 11.9. The zero-order valence-corrected chi connectivity index (χ0v) is 18.1. The lowest BCUT2D eigenvalue weighted by Crippen LogP contribution is -2.50. The van der Waals surface area contributed by atoms with Gasteiger partial charge in [0.15, 0.2) is 5.84 Å². The fourth-order valence-corrected chi connectivity index (χ4v) is 5.27. The van der Waals surface area contributed by atoms with E-state index in [1.807, 2.05) is 65.6 Å². The Bertz CT molecular complexity index is 1300. The van der Waals surface area contributed by atoms with Crippen molar-refractivity contribution in [3.63, 3.8) is 0 Å². The van der Waals surface area contributed by atoms with Gasteiger partial charge in [0.2, 0.25) is 0 Å². The first kappa shape index (κ1) is 20.3. The van der Waals surface area contributed by atoms with Crippen LogP contribution in [-0.2, 0) is 10.0 Å². The highest BCUT2D eigenvalue weighted by Gasteiger charge is 2.33. The van der Waals surface area contributed by atoms with Crippen LogP contribution in [0.5, 0.6) is 0 Å². The standard InChI is InChI=1S/C24H22N4O3S/c29-24(18-7-6-10-20(17-18)25-19-8-2-1-3-9-19)28-15-13-27(14-16-28)23-21-11-4-5-12-22(21)32(30,31)26-23/h1-12,17,25H,13-16H2. The number of carbonyl (C=O) groups is 1. The lowest BCUT2D eigenvalue weighted by atomic mass is 10.1. The van der Waals surface area contributed by atoms with Crippen molar-refractivity contribution in [3.05, 3.63) is 90.0 Å². The van der Waals surface area contributed by atoms with E-state index >= 15 is 0 Å². The number of rotatable bonds is 3. The Morgan fingerprint density at radius 2 is 1.50 bits per heavy atom. The van der Waals surface area contributed by atoms with Crippen LogP contribution in [0.1, 0.15) is 15.9 Å². The second kappa shape index (κ2) is 8.12. The number of amidine groups is 1. The van der Waals surface area contributed by atoms with E-state index in [0.29, 0.717) is 43.1 Å². The molecule has 32 heavy (non-hydrogen) atoms. The molecule has 0 radical (unpaired) electrons. The van der Waals surface area contributed by atoms with Crippen LogP contribution in [0.3, 0.4) is 0 Å². The Balaban J connectivity index is 1.27. The molecular weight excluding hydrogens is 424 g/mol. The monoisotopic (exact) mass is 446 g/mol. The van der Waals surface area contributed by atoms with Gasteiger partial charge in [-0.3, -0.25) is 4.79 Å². The summed E-state index contributed by atoms with van der Waals surface area (Å²) in [7, 11) is -3.65. The number of piperazine rings is 1. The lowest BCUT2D eigenvalue weighted by Gasteiger charge is -2.35. The number of amides is 1. The maximum absolute atomic E-state index is 13.1. The number of hydrogen-bond acceptors (Lipinski definition) is 5.